The number of hydrogen-bond acceptors (Lipinski definition) is 5. The molecule has 10 heteroatoms. The van der Waals surface area contributed by atoms with Crippen LogP contribution in [0.2, 0.25) is 10.0 Å². The summed E-state index contributed by atoms with van der Waals surface area (Å²) in [4.78, 5) is 32.5. The number of ether oxygens (including phenoxy) is 1. The number of carbonyl (C=O) groups is 3. The highest BCUT2D eigenvalue weighted by atomic mass is 35.5. The lowest BCUT2D eigenvalue weighted by atomic mass is 9.99. The number of halogens is 2. The van der Waals surface area contributed by atoms with Gasteiger partial charge in [-0.3, -0.25) is 9.69 Å². The number of amides is 1. The second kappa shape index (κ2) is 10.5. The first-order valence-electron chi connectivity index (χ1n) is 8.95. The van der Waals surface area contributed by atoms with Gasteiger partial charge in [-0.1, -0.05) is 23.2 Å². The van der Waals surface area contributed by atoms with Gasteiger partial charge in [0.15, 0.2) is 0 Å². The first-order valence-corrected chi connectivity index (χ1v) is 9.71. The average molecular weight is 445 g/mol. The quantitative estimate of drug-likeness (QED) is 0.574. The standard InChI is InChI=1S/C15H18Cl2N2O2.C4H4O4/c16-13-4-3-11(7-14(13)17)21-12-5-9-1-2-10(6-12)19(9)8-15(18)20;5-3(6)1-2-4(7)8/h3-4,7,9-10,12H,1-2,5-6,8H2,(H2,18,20);1-2H,(H,5,6)(H,7,8)/b;2-1+. The summed E-state index contributed by atoms with van der Waals surface area (Å²) in [6, 6.07) is 6.12. The van der Waals surface area contributed by atoms with Crippen LogP contribution in [-0.4, -0.2) is 57.7 Å². The average Bonchev–Trinajstić information content (AvgIpc) is 2.86. The lowest BCUT2D eigenvalue weighted by Crippen LogP contribution is -2.49. The van der Waals surface area contributed by atoms with Gasteiger partial charge in [-0.05, 0) is 37.8 Å². The number of carboxylic acids is 2. The van der Waals surface area contributed by atoms with Gasteiger partial charge in [0.2, 0.25) is 5.91 Å². The smallest absolute Gasteiger partial charge is 0.328 e. The van der Waals surface area contributed by atoms with Crippen molar-refractivity contribution in [2.24, 2.45) is 5.73 Å². The van der Waals surface area contributed by atoms with Crippen LogP contribution in [0.4, 0.5) is 0 Å². The van der Waals surface area contributed by atoms with Gasteiger partial charge < -0.3 is 20.7 Å². The zero-order chi connectivity index (χ0) is 21.6. The summed E-state index contributed by atoms with van der Waals surface area (Å²) in [5.41, 5.74) is 5.33. The fourth-order valence-electron chi connectivity index (χ4n) is 3.64. The molecule has 0 saturated carbocycles. The predicted molar refractivity (Wildman–Crippen MR) is 107 cm³/mol. The van der Waals surface area contributed by atoms with E-state index in [0.717, 1.165) is 31.4 Å². The maximum Gasteiger partial charge on any atom is 0.328 e. The molecule has 2 aliphatic heterocycles. The number of piperidine rings is 1. The molecule has 2 atom stereocenters. The minimum atomic E-state index is -1.26. The second-order valence-corrected chi connectivity index (χ2v) is 7.64. The lowest BCUT2D eigenvalue weighted by Gasteiger charge is -2.38. The molecule has 0 aliphatic carbocycles. The Labute approximate surface area is 177 Å². The normalized spacial score (nSPS) is 23.3. The van der Waals surface area contributed by atoms with Gasteiger partial charge in [0, 0.05) is 30.3 Å². The number of aliphatic carboxylic acids is 2. The molecule has 158 valence electrons. The van der Waals surface area contributed by atoms with Crippen LogP contribution in [0.25, 0.3) is 0 Å². The van der Waals surface area contributed by atoms with Crippen LogP contribution in [0.1, 0.15) is 25.7 Å². The van der Waals surface area contributed by atoms with Crippen LogP contribution in [0.5, 0.6) is 5.75 Å². The van der Waals surface area contributed by atoms with E-state index in [1.165, 1.54) is 0 Å². The minimum Gasteiger partial charge on any atom is -0.490 e. The number of nitrogens with zero attached hydrogens (tertiary/aromatic N) is 1. The van der Waals surface area contributed by atoms with Crippen molar-refractivity contribution in [1.29, 1.82) is 0 Å². The molecule has 2 bridgehead atoms. The monoisotopic (exact) mass is 444 g/mol. The van der Waals surface area contributed by atoms with Crippen molar-refractivity contribution in [1.82, 2.24) is 4.90 Å². The molecular weight excluding hydrogens is 423 g/mol. The third-order valence-electron chi connectivity index (χ3n) is 4.74. The Bertz CT molecular complexity index is 771. The number of fused-ring (bicyclic) bond motifs is 2. The Morgan fingerprint density at radius 3 is 2.07 bits per heavy atom. The van der Waals surface area contributed by atoms with Crippen molar-refractivity contribution in [3.8, 4) is 5.75 Å². The first kappa shape index (κ1) is 23.0. The number of carboxylic acid groups (broad SMARTS) is 2. The third-order valence-corrected chi connectivity index (χ3v) is 5.48. The predicted octanol–water partition coefficient (Wildman–Crippen LogP) is 2.56. The molecule has 8 nitrogen and oxygen atoms in total. The lowest BCUT2D eigenvalue weighted by molar-refractivity contribution is -0.134. The van der Waals surface area contributed by atoms with Gasteiger partial charge in [-0.15, -0.1) is 0 Å². The summed E-state index contributed by atoms with van der Waals surface area (Å²) >= 11 is 11.9. The maximum atomic E-state index is 11.2. The number of benzene rings is 1. The van der Waals surface area contributed by atoms with E-state index in [1.54, 1.807) is 12.1 Å². The van der Waals surface area contributed by atoms with Crippen LogP contribution in [-0.2, 0) is 14.4 Å². The third kappa shape index (κ3) is 7.23. The van der Waals surface area contributed by atoms with Gasteiger partial charge in [-0.25, -0.2) is 9.59 Å². The van der Waals surface area contributed by atoms with E-state index < -0.39 is 11.9 Å². The Morgan fingerprint density at radius 1 is 1.07 bits per heavy atom. The van der Waals surface area contributed by atoms with Gasteiger partial charge in [0.25, 0.3) is 0 Å². The summed E-state index contributed by atoms with van der Waals surface area (Å²) in [5.74, 6) is -2.02. The molecule has 0 spiro atoms. The van der Waals surface area contributed by atoms with Crippen molar-refractivity contribution in [2.45, 2.75) is 43.9 Å². The van der Waals surface area contributed by atoms with Crippen LogP contribution in [0.3, 0.4) is 0 Å². The van der Waals surface area contributed by atoms with E-state index in [9.17, 15) is 14.4 Å². The minimum absolute atomic E-state index is 0.156. The molecule has 0 aromatic heterocycles. The van der Waals surface area contributed by atoms with Crippen LogP contribution >= 0.6 is 23.2 Å². The fraction of sp³-hybridized carbons (Fsp3) is 0.421. The van der Waals surface area contributed by atoms with E-state index in [1.807, 2.05) is 6.07 Å². The molecular formula is C19H22Cl2N2O6. The summed E-state index contributed by atoms with van der Waals surface area (Å²) in [5, 5.41) is 16.7. The Kier molecular flexibility index (Phi) is 8.31. The van der Waals surface area contributed by atoms with Crippen molar-refractivity contribution in [2.75, 3.05) is 6.54 Å². The van der Waals surface area contributed by atoms with E-state index in [4.69, 9.17) is 43.9 Å². The summed E-state index contributed by atoms with van der Waals surface area (Å²) in [6.07, 6.45) is 5.33. The van der Waals surface area contributed by atoms with Gasteiger partial charge in [0.05, 0.1) is 16.6 Å². The molecule has 1 aromatic carbocycles. The molecule has 2 aliphatic rings. The number of hydrogen-bond donors (Lipinski definition) is 3. The maximum absolute atomic E-state index is 11.2. The van der Waals surface area contributed by atoms with Crippen LogP contribution in [0.15, 0.2) is 30.4 Å². The molecule has 4 N–H and O–H groups in total. The largest absolute Gasteiger partial charge is 0.490 e. The highest BCUT2D eigenvalue weighted by molar-refractivity contribution is 6.42. The molecule has 3 rings (SSSR count). The fourth-order valence-corrected chi connectivity index (χ4v) is 3.93. The summed E-state index contributed by atoms with van der Waals surface area (Å²) < 4.78 is 6.04. The number of nitrogens with two attached hydrogens (primary N) is 1. The SMILES string of the molecule is NC(=O)CN1C2CCC1CC(Oc1ccc(Cl)c(Cl)c1)C2.O=C(O)/C=C/C(=O)O. The zero-order valence-electron chi connectivity index (χ0n) is 15.5. The van der Waals surface area contributed by atoms with Gasteiger partial charge in [-0.2, -0.15) is 0 Å². The second-order valence-electron chi connectivity index (χ2n) is 6.82. The molecule has 0 radical (unpaired) electrons. The Hall–Kier alpha value is -2.29. The van der Waals surface area contributed by atoms with Crippen molar-refractivity contribution < 1.29 is 29.3 Å². The van der Waals surface area contributed by atoms with Crippen LogP contribution < -0.4 is 10.5 Å². The molecule has 29 heavy (non-hydrogen) atoms. The van der Waals surface area contributed by atoms with E-state index >= 15 is 0 Å². The topological polar surface area (TPSA) is 130 Å². The van der Waals surface area contributed by atoms with E-state index in [-0.39, 0.29) is 12.0 Å². The Morgan fingerprint density at radius 2 is 1.62 bits per heavy atom. The van der Waals surface area contributed by atoms with Crippen molar-refractivity contribution in [3.63, 3.8) is 0 Å². The molecule has 2 unspecified atom stereocenters. The van der Waals surface area contributed by atoms with E-state index in [0.29, 0.717) is 40.8 Å². The van der Waals surface area contributed by atoms with Gasteiger partial charge in [0.1, 0.15) is 11.9 Å². The number of carbonyl (C=O) groups excluding carboxylic acids is 1. The van der Waals surface area contributed by atoms with Crippen molar-refractivity contribution in [3.05, 3.63) is 40.4 Å². The summed E-state index contributed by atoms with van der Waals surface area (Å²) in [7, 11) is 0. The zero-order valence-corrected chi connectivity index (χ0v) is 17.0. The molecule has 1 aromatic rings. The van der Waals surface area contributed by atoms with Gasteiger partial charge >= 0.3 is 11.9 Å². The highest BCUT2D eigenvalue weighted by Gasteiger charge is 2.41. The molecule has 2 fully saturated rings. The van der Waals surface area contributed by atoms with Crippen LogP contribution in [0, 0.1) is 0 Å². The summed E-state index contributed by atoms with van der Waals surface area (Å²) in [6.45, 7) is 0.356. The highest BCUT2D eigenvalue weighted by Crippen LogP contribution is 2.37. The van der Waals surface area contributed by atoms with E-state index in [2.05, 4.69) is 4.90 Å². The molecule has 2 saturated heterocycles. The number of primary amides is 1. The first-order chi connectivity index (χ1) is 13.7. The Balaban J connectivity index is 0.000000321. The van der Waals surface area contributed by atoms with Crippen molar-refractivity contribution >= 4 is 41.0 Å². The molecule has 2 heterocycles. The number of rotatable bonds is 6. The molecule has 1 amide bonds.